The van der Waals surface area contributed by atoms with Crippen LogP contribution >= 0.6 is 0 Å². The zero-order valence-electron chi connectivity index (χ0n) is 17.0. The Balaban J connectivity index is 2.06. The van der Waals surface area contributed by atoms with Crippen LogP contribution in [-0.4, -0.2) is 0 Å². The van der Waals surface area contributed by atoms with Crippen molar-refractivity contribution in [2.45, 2.75) is 19.3 Å². The van der Waals surface area contributed by atoms with Gasteiger partial charge in [-0.2, -0.15) is 0 Å². The maximum Gasteiger partial charge on any atom is 0.0701 e. The number of allylic oxidation sites excluding steroid dienone is 2. The quantitative estimate of drug-likeness (QED) is 0.317. The fourth-order valence-electron chi connectivity index (χ4n) is 4.21. The highest BCUT2D eigenvalue weighted by Gasteiger charge is 2.37. The van der Waals surface area contributed by atoms with Gasteiger partial charge in [0.1, 0.15) is 0 Å². The molecular weight excluding hydrogens is 348 g/mol. The van der Waals surface area contributed by atoms with Crippen molar-refractivity contribution in [1.82, 2.24) is 0 Å². The largest absolute Gasteiger partial charge is 0.0841 e. The van der Waals surface area contributed by atoms with E-state index in [2.05, 4.69) is 135 Å². The zero-order chi connectivity index (χ0) is 20.1. The lowest BCUT2D eigenvalue weighted by Gasteiger charge is -2.37. The number of benzene rings is 4. The normalized spacial score (nSPS) is 12.0. The predicted molar refractivity (Wildman–Crippen MR) is 124 cm³/mol. The third-order valence-electron chi connectivity index (χ3n) is 5.83. The molecule has 0 N–H and O–H groups in total. The summed E-state index contributed by atoms with van der Waals surface area (Å²) in [4.78, 5) is 0. The number of rotatable bonds is 5. The van der Waals surface area contributed by atoms with Crippen LogP contribution in [0.2, 0.25) is 0 Å². The second-order valence-electron chi connectivity index (χ2n) is 7.40. The molecule has 0 atom stereocenters. The Bertz CT molecular complexity index is 976. The standard InChI is InChI=1S/C29H26/c1-3-23(2)24-19-21-28(22-20-24)29(25-13-7-4-8-14-25,26-15-9-5-10-16-26)27-17-11-6-12-18-27/h3-22H,1-2H3/b23-3+. The summed E-state index contributed by atoms with van der Waals surface area (Å²) in [5.41, 5.74) is 7.27. The molecule has 0 fully saturated rings. The fourth-order valence-corrected chi connectivity index (χ4v) is 4.21. The molecule has 0 nitrogen and oxygen atoms in total. The summed E-state index contributed by atoms with van der Waals surface area (Å²) in [6.07, 6.45) is 2.16. The van der Waals surface area contributed by atoms with Crippen LogP contribution in [0, 0.1) is 0 Å². The second-order valence-corrected chi connectivity index (χ2v) is 7.40. The van der Waals surface area contributed by atoms with Gasteiger partial charge >= 0.3 is 0 Å². The van der Waals surface area contributed by atoms with Crippen LogP contribution in [0.25, 0.3) is 5.57 Å². The summed E-state index contributed by atoms with van der Waals surface area (Å²) >= 11 is 0. The third-order valence-corrected chi connectivity index (χ3v) is 5.83. The van der Waals surface area contributed by atoms with Crippen molar-refractivity contribution in [3.63, 3.8) is 0 Å². The summed E-state index contributed by atoms with van der Waals surface area (Å²) in [6.45, 7) is 4.25. The van der Waals surface area contributed by atoms with E-state index in [1.54, 1.807) is 0 Å². The molecule has 0 aromatic heterocycles. The topological polar surface area (TPSA) is 0 Å². The monoisotopic (exact) mass is 374 g/mol. The molecule has 4 rings (SSSR count). The molecule has 0 heteroatoms. The van der Waals surface area contributed by atoms with Crippen molar-refractivity contribution in [1.29, 1.82) is 0 Å². The molecule has 0 aliphatic rings. The van der Waals surface area contributed by atoms with Gasteiger partial charge < -0.3 is 0 Å². The van der Waals surface area contributed by atoms with Gasteiger partial charge in [0.25, 0.3) is 0 Å². The summed E-state index contributed by atoms with van der Waals surface area (Å²) in [5, 5.41) is 0. The smallest absolute Gasteiger partial charge is 0.0701 e. The number of hydrogen-bond donors (Lipinski definition) is 0. The highest BCUT2D eigenvalue weighted by Crippen LogP contribution is 2.45. The lowest BCUT2D eigenvalue weighted by Crippen LogP contribution is -2.30. The summed E-state index contributed by atoms with van der Waals surface area (Å²) in [5.74, 6) is 0. The third kappa shape index (κ3) is 3.43. The van der Waals surface area contributed by atoms with Crippen molar-refractivity contribution >= 4 is 5.57 Å². The fraction of sp³-hybridized carbons (Fsp3) is 0.103. The minimum Gasteiger partial charge on any atom is -0.0841 e. The van der Waals surface area contributed by atoms with E-state index in [1.807, 2.05) is 0 Å². The lowest BCUT2D eigenvalue weighted by atomic mass is 9.65. The Kier molecular flexibility index (Phi) is 5.44. The first-order valence-electron chi connectivity index (χ1n) is 10.2. The van der Waals surface area contributed by atoms with Gasteiger partial charge in [0.15, 0.2) is 0 Å². The van der Waals surface area contributed by atoms with Crippen LogP contribution in [0.4, 0.5) is 0 Å². The SMILES string of the molecule is C/C=C(\C)c1ccc(C(c2ccccc2)(c2ccccc2)c2ccccc2)cc1. The number of hydrogen-bond acceptors (Lipinski definition) is 0. The van der Waals surface area contributed by atoms with Crippen molar-refractivity contribution in [3.8, 4) is 0 Å². The van der Waals surface area contributed by atoms with Gasteiger partial charge in [0.05, 0.1) is 5.41 Å². The molecule has 0 aliphatic heterocycles. The summed E-state index contributed by atoms with van der Waals surface area (Å²) in [6, 6.07) is 41.6. The van der Waals surface area contributed by atoms with E-state index in [0.717, 1.165) is 0 Å². The Hall–Kier alpha value is -3.38. The van der Waals surface area contributed by atoms with Crippen LogP contribution < -0.4 is 0 Å². The van der Waals surface area contributed by atoms with E-state index in [9.17, 15) is 0 Å². The van der Waals surface area contributed by atoms with Crippen LogP contribution in [0.3, 0.4) is 0 Å². The van der Waals surface area contributed by atoms with E-state index in [-0.39, 0.29) is 5.41 Å². The molecule has 0 saturated carbocycles. The maximum absolute atomic E-state index is 2.29. The summed E-state index contributed by atoms with van der Waals surface area (Å²) in [7, 11) is 0. The van der Waals surface area contributed by atoms with Crippen molar-refractivity contribution in [3.05, 3.63) is 149 Å². The molecule has 0 unspecified atom stereocenters. The molecule has 0 amide bonds. The molecule has 0 saturated heterocycles. The first kappa shape index (κ1) is 19.0. The molecular formula is C29H26. The first-order valence-corrected chi connectivity index (χ1v) is 10.2. The van der Waals surface area contributed by atoms with Gasteiger partial charge in [-0.3, -0.25) is 0 Å². The summed E-state index contributed by atoms with van der Waals surface area (Å²) < 4.78 is 0. The van der Waals surface area contributed by atoms with E-state index in [0.29, 0.717) is 0 Å². The van der Waals surface area contributed by atoms with Crippen molar-refractivity contribution in [2.75, 3.05) is 0 Å². The van der Waals surface area contributed by atoms with Gasteiger partial charge in [0.2, 0.25) is 0 Å². The molecule has 142 valence electrons. The maximum atomic E-state index is 2.29. The van der Waals surface area contributed by atoms with Crippen molar-refractivity contribution < 1.29 is 0 Å². The van der Waals surface area contributed by atoms with Gasteiger partial charge in [-0.25, -0.2) is 0 Å². The van der Waals surface area contributed by atoms with Crippen LogP contribution in [0.1, 0.15) is 41.7 Å². The highest BCUT2D eigenvalue weighted by atomic mass is 14.4. The average Bonchev–Trinajstić information content (AvgIpc) is 2.82. The van der Waals surface area contributed by atoms with E-state index >= 15 is 0 Å². The molecule has 0 heterocycles. The molecule has 4 aromatic rings. The van der Waals surface area contributed by atoms with Gasteiger partial charge in [-0.05, 0) is 47.2 Å². The van der Waals surface area contributed by atoms with E-state index in [4.69, 9.17) is 0 Å². The van der Waals surface area contributed by atoms with Gasteiger partial charge in [-0.15, -0.1) is 0 Å². The molecule has 0 aliphatic carbocycles. The molecule has 29 heavy (non-hydrogen) atoms. The minimum atomic E-state index is -0.369. The van der Waals surface area contributed by atoms with Crippen LogP contribution in [0.5, 0.6) is 0 Å². The van der Waals surface area contributed by atoms with Crippen LogP contribution in [0.15, 0.2) is 121 Å². The Labute approximate surface area is 174 Å². The highest BCUT2D eigenvalue weighted by molar-refractivity contribution is 5.66. The second kappa shape index (κ2) is 8.32. The zero-order valence-corrected chi connectivity index (χ0v) is 17.0. The van der Waals surface area contributed by atoms with Gasteiger partial charge in [0, 0.05) is 0 Å². The first-order chi connectivity index (χ1) is 14.3. The van der Waals surface area contributed by atoms with E-state index in [1.165, 1.54) is 33.4 Å². The predicted octanol–water partition coefficient (Wildman–Crippen LogP) is 7.49. The van der Waals surface area contributed by atoms with E-state index < -0.39 is 0 Å². The molecule has 4 aromatic carbocycles. The van der Waals surface area contributed by atoms with Crippen LogP contribution in [-0.2, 0) is 5.41 Å². The minimum absolute atomic E-state index is 0.369. The molecule has 0 spiro atoms. The average molecular weight is 375 g/mol. The molecule has 0 radical (unpaired) electrons. The van der Waals surface area contributed by atoms with Gasteiger partial charge in [-0.1, -0.05) is 121 Å². The Morgan fingerprint density at radius 2 is 0.862 bits per heavy atom. The Morgan fingerprint density at radius 3 is 1.21 bits per heavy atom. The molecule has 0 bridgehead atoms. The lowest BCUT2D eigenvalue weighted by molar-refractivity contribution is 0.745. The Morgan fingerprint density at radius 1 is 0.517 bits per heavy atom. The van der Waals surface area contributed by atoms with Crippen molar-refractivity contribution in [2.24, 2.45) is 0 Å².